The van der Waals surface area contributed by atoms with Gasteiger partial charge in [0.05, 0.1) is 18.3 Å². The van der Waals surface area contributed by atoms with Crippen molar-refractivity contribution in [1.82, 2.24) is 0 Å². The second-order valence-corrected chi connectivity index (χ2v) is 10.4. The maximum absolute atomic E-state index is 10.7. The number of halogens is 1. The molecule has 2 aliphatic carbocycles. The van der Waals surface area contributed by atoms with Gasteiger partial charge in [0.2, 0.25) is 0 Å². The Hall–Kier alpha value is -1.79. The Bertz CT molecular complexity index is 960. The second kappa shape index (κ2) is 9.22. The molecule has 1 heterocycles. The van der Waals surface area contributed by atoms with E-state index in [9.17, 15) is 4.91 Å². The Morgan fingerprint density at radius 3 is 2.56 bits per heavy atom. The number of hydrogen-bond acceptors (Lipinski definition) is 5. The molecule has 1 spiro atoms. The number of nitroso groups, excluding NO2 is 1. The van der Waals surface area contributed by atoms with Crippen LogP contribution in [0.4, 0.5) is 0 Å². The van der Waals surface area contributed by atoms with Crippen molar-refractivity contribution in [1.29, 1.82) is 0 Å². The van der Waals surface area contributed by atoms with Crippen LogP contribution in [0.15, 0.2) is 47.6 Å². The summed E-state index contributed by atoms with van der Waals surface area (Å²) in [5.74, 6) is 6.18. The Kier molecular flexibility index (Phi) is 6.35. The zero-order chi connectivity index (χ0) is 22.1. The zero-order valence-electron chi connectivity index (χ0n) is 18.3. The van der Waals surface area contributed by atoms with Crippen LogP contribution >= 0.6 is 11.6 Å². The molecule has 0 radical (unpaired) electrons. The van der Waals surface area contributed by atoms with E-state index < -0.39 is 0 Å². The molecule has 5 nitrogen and oxygen atoms in total. The number of rotatable bonds is 7. The molecule has 6 heteroatoms. The largest absolute Gasteiger partial charge is 0.368 e. The second-order valence-electron chi connectivity index (χ2n) is 10.00. The van der Waals surface area contributed by atoms with E-state index in [1.54, 1.807) is 0 Å². The lowest BCUT2D eigenvalue weighted by Gasteiger charge is -2.33. The highest BCUT2D eigenvalue weighted by molar-refractivity contribution is 6.31. The first-order valence-electron chi connectivity index (χ1n) is 11.7. The van der Waals surface area contributed by atoms with Crippen molar-refractivity contribution in [3.63, 3.8) is 0 Å². The third-order valence-electron chi connectivity index (χ3n) is 7.78. The van der Waals surface area contributed by atoms with Crippen LogP contribution in [0.1, 0.15) is 79.2 Å². The van der Waals surface area contributed by atoms with Crippen molar-refractivity contribution in [2.24, 2.45) is 16.5 Å². The van der Waals surface area contributed by atoms with Gasteiger partial charge in [0.15, 0.2) is 0 Å². The first kappa shape index (κ1) is 22.0. The molecule has 3 aliphatic rings. The highest BCUT2D eigenvalue weighted by atomic mass is 35.5. The molecule has 0 aromatic heterocycles. The van der Waals surface area contributed by atoms with Crippen molar-refractivity contribution in [2.75, 3.05) is 6.54 Å². The van der Waals surface area contributed by atoms with Gasteiger partial charge in [-0.05, 0) is 78.2 Å². The number of nitrogens with two attached hydrogens (primary N) is 1. The summed E-state index contributed by atoms with van der Waals surface area (Å²) < 4.78 is 6.11. The minimum absolute atomic E-state index is 0.102. The molecule has 170 valence electrons. The summed E-state index contributed by atoms with van der Waals surface area (Å²) in [7, 11) is 0. The predicted molar refractivity (Wildman–Crippen MR) is 126 cm³/mol. The van der Waals surface area contributed by atoms with Gasteiger partial charge >= 0.3 is 0 Å². The molecule has 2 N–H and O–H groups in total. The van der Waals surface area contributed by atoms with Crippen molar-refractivity contribution in [3.05, 3.63) is 74.6 Å². The monoisotopic (exact) mass is 454 g/mol. The lowest BCUT2D eigenvalue weighted by molar-refractivity contribution is -0.114. The summed E-state index contributed by atoms with van der Waals surface area (Å²) >= 11 is 6.55. The zero-order valence-corrected chi connectivity index (χ0v) is 19.1. The molecule has 2 aromatic carbocycles. The topological polar surface area (TPSA) is 73.9 Å². The SMILES string of the molecule is NO[C@@H]1CC(c2ccc(Cl)c(Cc3ccc(C4CCC5(CC5)C4)cc3)c2)O[C@H](CN=O)C1. The molecule has 0 amide bonds. The molecule has 32 heavy (non-hydrogen) atoms. The highest BCUT2D eigenvalue weighted by Gasteiger charge is 2.48. The lowest BCUT2D eigenvalue weighted by Crippen LogP contribution is -2.36. The highest BCUT2D eigenvalue weighted by Crippen LogP contribution is 2.61. The average Bonchev–Trinajstić information content (AvgIpc) is 3.44. The molecule has 0 bridgehead atoms. The fourth-order valence-corrected chi connectivity index (χ4v) is 5.86. The van der Waals surface area contributed by atoms with E-state index in [4.69, 9.17) is 27.1 Å². The van der Waals surface area contributed by atoms with Gasteiger partial charge in [0.25, 0.3) is 0 Å². The molecule has 2 aromatic rings. The maximum atomic E-state index is 10.7. The molecule has 3 fully saturated rings. The number of ether oxygens (including phenoxy) is 1. The summed E-state index contributed by atoms with van der Waals surface area (Å²) in [5, 5.41) is 3.75. The Morgan fingerprint density at radius 2 is 1.88 bits per heavy atom. The molecule has 2 saturated carbocycles. The van der Waals surface area contributed by atoms with Crippen molar-refractivity contribution >= 4 is 11.6 Å². The van der Waals surface area contributed by atoms with Crippen LogP contribution < -0.4 is 5.90 Å². The Labute approximate surface area is 194 Å². The molecular formula is C26H31ClN2O3. The maximum Gasteiger partial charge on any atom is 0.107 e. The summed E-state index contributed by atoms with van der Waals surface area (Å²) in [4.78, 5) is 15.8. The van der Waals surface area contributed by atoms with Gasteiger partial charge in [-0.25, -0.2) is 5.90 Å². The first-order valence-corrected chi connectivity index (χ1v) is 12.1. The van der Waals surface area contributed by atoms with Crippen LogP contribution in [0.25, 0.3) is 0 Å². The minimum atomic E-state index is -0.281. The van der Waals surface area contributed by atoms with Crippen molar-refractivity contribution < 1.29 is 9.57 Å². The third kappa shape index (κ3) is 4.76. The van der Waals surface area contributed by atoms with Gasteiger partial charge < -0.3 is 9.57 Å². The van der Waals surface area contributed by atoms with Gasteiger partial charge in [0, 0.05) is 17.9 Å². The van der Waals surface area contributed by atoms with Crippen LogP contribution in [0, 0.1) is 10.3 Å². The predicted octanol–water partition coefficient (Wildman–Crippen LogP) is 6.22. The van der Waals surface area contributed by atoms with E-state index in [-0.39, 0.29) is 24.9 Å². The van der Waals surface area contributed by atoms with E-state index in [0.717, 1.165) is 28.5 Å². The fourth-order valence-electron chi connectivity index (χ4n) is 5.68. The average molecular weight is 455 g/mol. The first-order chi connectivity index (χ1) is 15.6. The van der Waals surface area contributed by atoms with Crippen molar-refractivity contribution in [2.45, 2.75) is 75.6 Å². The summed E-state index contributed by atoms with van der Waals surface area (Å²) in [6, 6.07) is 15.1. The number of hydrogen-bond donors (Lipinski definition) is 1. The summed E-state index contributed by atoms with van der Waals surface area (Å²) in [6.07, 6.45) is 8.34. The molecule has 2 unspecified atom stereocenters. The number of nitrogens with zero attached hydrogens (tertiary/aromatic N) is 1. The van der Waals surface area contributed by atoms with E-state index in [0.29, 0.717) is 18.3 Å². The summed E-state index contributed by atoms with van der Waals surface area (Å²) in [6.45, 7) is 0.102. The quantitative estimate of drug-likeness (QED) is 0.397. The van der Waals surface area contributed by atoms with Gasteiger partial charge in [-0.1, -0.05) is 53.2 Å². The third-order valence-corrected chi connectivity index (χ3v) is 8.15. The molecule has 5 rings (SSSR count). The van der Waals surface area contributed by atoms with Gasteiger partial charge in [-0.15, -0.1) is 0 Å². The van der Waals surface area contributed by atoms with Gasteiger partial charge in [0.1, 0.15) is 6.54 Å². The fraction of sp³-hybridized carbons (Fsp3) is 0.538. The molecule has 1 aliphatic heterocycles. The Balaban J connectivity index is 1.29. The Morgan fingerprint density at radius 1 is 1.09 bits per heavy atom. The van der Waals surface area contributed by atoms with E-state index in [1.165, 1.54) is 43.2 Å². The van der Waals surface area contributed by atoms with Gasteiger partial charge in [-0.2, -0.15) is 4.91 Å². The van der Waals surface area contributed by atoms with E-state index in [1.807, 2.05) is 12.1 Å². The smallest absolute Gasteiger partial charge is 0.107 e. The van der Waals surface area contributed by atoms with Crippen molar-refractivity contribution in [3.8, 4) is 0 Å². The van der Waals surface area contributed by atoms with E-state index in [2.05, 4.69) is 35.5 Å². The minimum Gasteiger partial charge on any atom is -0.368 e. The van der Waals surface area contributed by atoms with E-state index >= 15 is 0 Å². The van der Waals surface area contributed by atoms with Crippen LogP contribution in [-0.4, -0.2) is 18.8 Å². The summed E-state index contributed by atoms with van der Waals surface area (Å²) in [5.41, 5.74) is 5.53. The number of benzene rings is 2. The van der Waals surface area contributed by atoms with Crippen LogP contribution in [0.3, 0.4) is 0 Å². The van der Waals surface area contributed by atoms with Crippen LogP contribution in [0.2, 0.25) is 5.02 Å². The molecule has 1 saturated heterocycles. The normalized spacial score (nSPS) is 28.7. The standard InChI is InChI=1S/C26H31ClN2O3/c27-24-6-5-19(25-14-22(32-28)13-23(31-25)16-29-30)12-21(24)11-17-1-3-18(4-2-17)20-7-8-26(15-20)9-10-26/h1-6,12,20,22-23,25H,7-11,13-16,28H2/t20?,22-,23-,25?/m0/s1. The van der Waals surface area contributed by atoms with Gasteiger partial charge in [-0.3, -0.25) is 0 Å². The molecule has 4 atom stereocenters. The molecular weight excluding hydrogens is 424 g/mol. The van der Waals surface area contributed by atoms with Crippen LogP contribution in [-0.2, 0) is 16.0 Å². The lowest BCUT2D eigenvalue weighted by atomic mass is 9.92. The van der Waals surface area contributed by atoms with Crippen LogP contribution in [0.5, 0.6) is 0 Å².